The Balaban J connectivity index is 3.57. The van der Waals surface area contributed by atoms with Gasteiger partial charge in [0.1, 0.15) is 0 Å². The van der Waals surface area contributed by atoms with Crippen molar-refractivity contribution >= 4 is 5.91 Å². The van der Waals surface area contributed by atoms with Gasteiger partial charge in [0, 0.05) is 6.42 Å². The van der Waals surface area contributed by atoms with E-state index in [1.807, 2.05) is 0 Å². The average Bonchev–Trinajstić information content (AvgIpc) is 2.99. The van der Waals surface area contributed by atoms with E-state index in [4.69, 9.17) is 0 Å². The van der Waals surface area contributed by atoms with Crippen LogP contribution in [0.5, 0.6) is 0 Å². The Labute approximate surface area is 263 Å². The Morgan fingerprint density at radius 2 is 0.905 bits per heavy atom. The molecule has 42 heavy (non-hydrogen) atoms. The number of carbonyl (C=O) groups excluding carboxylic acids is 1. The number of aliphatic hydroxyl groups is 2. The molecule has 0 saturated carbocycles. The molecule has 0 aromatic heterocycles. The van der Waals surface area contributed by atoms with Gasteiger partial charge >= 0.3 is 0 Å². The van der Waals surface area contributed by atoms with E-state index in [2.05, 4.69) is 31.3 Å². The fraction of sp³-hybridized carbons (Fsp3) is 0.921. The van der Waals surface area contributed by atoms with Crippen molar-refractivity contribution in [3.05, 3.63) is 12.2 Å². The lowest BCUT2D eigenvalue weighted by Crippen LogP contribution is -2.45. The van der Waals surface area contributed by atoms with Crippen molar-refractivity contribution in [2.45, 2.75) is 219 Å². The fourth-order valence-electron chi connectivity index (χ4n) is 5.82. The third-order valence-corrected chi connectivity index (χ3v) is 8.78. The first-order valence-electron chi connectivity index (χ1n) is 18.9. The van der Waals surface area contributed by atoms with Crippen molar-refractivity contribution < 1.29 is 15.0 Å². The SMILES string of the molecule is CCCCCCCCCCCC/C=C/CCCC[C@@H](O)[C@H](CO)NC(=O)CCCCCCCCCCCCCCCC. The van der Waals surface area contributed by atoms with Crippen LogP contribution in [-0.4, -0.2) is 34.9 Å². The average molecular weight is 594 g/mol. The second kappa shape index (κ2) is 34.6. The van der Waals surface area contributed by atoms with E-state index in [0.717, 1.165) is 32.1 Å². The minimum atomic E-state index is -0.675. The van der Waals surface area contributed by atoms with Crippen molar-refractivity contribution in [1.29, 1.82) is 0 Å². The van der Waals surface area contributed by atoms with E-state index in [0.29, 0.717) is 12.8 Å². The fourth-order valence-corrected chi connectivity index (χ4v) is 5.82. The first kappa shape index (κ1) is 41.1. The number of hydrogen-bond acceptors (Lipinski definition) is 3. The van der Waals surface area contributed by atoms with Crippen molar-refractivity contribution in [2.75, 3.05) is 6.61 Å². The van der Waals surface area contributed by atoms with Gasteiger partial charge in [-0.2, -0.15) is 0 Å². The van der Waals surface area contributed by atoms with Crippen molar-refractivity contribution in [3.8, 4) is 0 Å². The molecule has 250 valence electrons. The lowest BCUT2D eigenvalue weighted by atomic mass is 10.0. The van der Waals surface area contributed by atoms with E-state index in [-0.39, 0.29) is 12.5 Å². The second-order valence-electron chi connectivity index (χ2n) is 13.0. The highest BCUT2D eigenvalue weighted by atomic mass is 16.3. The summed E-state index contributed by atoms with van der Waals surface area (Å²) in [5.74, 6) is -0.0399. The summed E-state index contributed by atoms with van der Waals surface area (Å²) >= 11 is 0. The molecule has 2 atom stereocenters. The van der Waals surface area contributed by atoms with Crippen LogP contribution in [-0.2, 0) is 4.79 Å². The maximum Gasteiger partial charge on any atom is 0.220 e. The molecule has 1 amide bonds. The molecule has 0 aliphatic carbocycles. The van der Waals surface area contributed by atoms with E-state index in [1.165, 1.54) is 148 Å². The molecule has 3 N–H and O–H groups in total. The number of amides is 1. The lowest BCUT2D eigenvalue weighted by Gasteiger charge is -2.22. The molecule has 0 unspecified atom stereocenters. The summed E-state index contributed by atoms with van der Waals surface area (Å²) in [6.45, 7) is 4.34. The van der Waals surface area contributed by atoms with Crippen LogP contribution < -0.4 is 5.32 Å². The Bertz CT molecular complexity index is 565. The number of hydrogen-bond donors (Lipinski definition) is 3. The second-order valence-corrected chi connectivity index (χ2v) is 13.0. The van der Waals surface area contributed by atoms with Crippen LogP contribution in [0.2, 0.25) is 0 Å². The standard InChI is InChI=1S/C38H75NO3/c1-3-5-7-9-11-13-15-17-19-20-21-23-25-27-29-31-33-37(41)36(35-40)39-38(42)34-32-30-28-26-24-22-18-16-14-12-10-8-6-4-2/h23,25,36-37,40-41H,3-22,24,26-35H2,1-2H3,(H,39,42)/b25-23+/t36-,37+/m0/s1. The van der Waals surface area contributed by atoms with Gasteiger partial charge < -0.3 is 15.5 Å². The van der Waals surface area contributed by atoms with Crippen LogP contribution in [0.25, 0.3) is 0 Å². The molecule has 0 bridgehead atoms. The number of rotatable bonds is 34. The van der Waals surface area contributed by atoms with E-state index < -0.39 is 12.1 Å². The molecule has 0 aliphatic heterocycles. The van der Waals surface area contributed by atoms with Gasteiger partial charge in [-0.05, 0) is 38.5 Å². The van der Waals surface area contributed by atoms with Gasteiger partial charge in [-0.3, -0.25) is 4.79 Å². The topological polar surface area (TPSA) is 69.6 Å². The zero-order valence-electron chi connectivity index (χ0n) is 28.5. The number of allylic oxidation sites excluding steroid dienone is 2. The maximum absolute atomic E-state index is 12.3. The van der Waals surface area contributed by atoms with Crippen LogP contribution in [0.1, 0.15) is 206 Å². The van der Waals surface area contributed by atoms with Gasteiger partial charge in [0.25, 0.3) is 0 Å². The summed E-state index contributed by atoms with van der Waals surface area (Å²) in [7, 11) is 0. The highest BCUT2D eigenvalue weighted by Gasteiger charge is 2.19. The first-order valence-corrected chi connectivity index (χ1v) is 18.9. The van der Waals surface area contributed by atoms with E-state index >= 15 is 0 Å². The monoisotopic (exact) mass is 594 g/mol. The predicted octanol–water partition coefficient (Wildman–Crippen LogP) is 11.1. The predicted molar refractivity (Wildman–Crippen MR) is 184 cm³/mol. The molecule has 0 heterocycles. The molecule has 0 aromatic rings. The summed E-state index contributed by atoms with van der Waals surface area (Å²) in [6.07, 6.45) is 41.2. The molecule has 0 fully saturated rings. The largest absolute Gasteiger partial charge is 0.394 e. The quantitative estimate of drug-likeness (QED) is 0.0513. The van der Waals surface area contributed by atoms with E-state index in [9.17, 15) is 15.0 Å². The number of unbranched alkanes of at least 4 members (excludes halogenated alkanes) is 25. The Kier molecular flexibility index (Phi) is 33.9. The molecule has 0 saturated heterocycles. The van der Waals surface area contributed by atoms with Crippen molar-refractivity contribution in [1.82, 2.24) is 5.32 Å². The molecule has 0 spiro atoms. The Hall–Kier alpha value is -0.870. The third-order valence-electron chi connectivity index (χ3n) is 8.78. The van der Waals surface area contributed by atoms with Gasteiger partial charge in [0.05, 0.1) is 18.8 Å². The van der Waals surface area contributed by atoms with Gasteiger partial charge in [0.15, 0.2) is 0 Å². The maximum atomic E-state index is 12.3. The normalized spacial score (nSPS) is 13.1. The van der Waals surface area contributed by atoms with Crippen LogP contribution in [0.15, 0.2) is 12.2 Å². The summed E-state index contributed by atoms with van der Waals surface area (Å²) < 4.78 is 0. The number of carbonyl (C=O) groups is 1. The summed E-state index contributed by atoms with van der Waals surface area (Å²) in [6, 6.07) is -0.545. The summed E-state index contributed by atoms with van der Waals surface area (Å²) in [4.78, 5) is 12.3. The van der Waals surface area contributed by atoms with Gasteiger partial charge in [-0.25, -0.2) is 0 Å². The minimum absolute atomic E-state index is 0.0399. The Morgan fingerprint density at radius 3 is 1.31 bits per heavy atom. The number of aliphatic hydroxyl groups excluding tert-OH is 2. The van der Waals surface area contributed by atoms with Crippen LogP contribution >= 0.6 is 0 Å². The van der Waals surface area contributed by atoms with Crippen molar-refractivity contribution in [2.24, 2.45) is 0 Å². The van der Waals surface area contributed by atoms with Crippen LogP contribution in [0, 0.1) is 0 Å². The van der Waals surface area contributed by atoms with Crippen LogP contribution in [0.4, 0.5) is 0 Å². The van der Waals surface area contributed by atoms with Gasteiger partial charge in [-0.1, -0.05) is 174 Å². The summed E-state index contributed by atoms with van der Waals surface area (Å²) in [5, 5.41) is 23.0. The zero-order chi connectivity index (χ0) is 30.8. The van der Waals surface area contributed by atoms with Gasteiger partial charge in [-0.15, -0.1) is 0 Å². The molecular weight excluding hydrogens is 518 g/mol. The summed E-state index contributed by atoms with van der Waals surface area (Å²) in [5.41, 5.74) is 0. The zero-order valence-corrected chi connectivity index (χ0v) is 28.5. The van der Waals surface area contributed by atoms with E-state index in [1.54, 1.807) is 0 Å². The molecule has 0 radical (unpaired) electrons. The first-order chi connectivity index (χ1) is 20.7. The highest BCUT2D eigenvalue weighted by molar-refractivity contribution is 5.76. The molecular formula is C38H75NO3. The third kappa shape index (κ3) is 30.6. The molecule has 4 heteroatoms. The smallest absolute Gasteiger partial charge is 0.220 e. The Morgan fingerprint density at radius 1 is 0.548 bits per heavy atom. The van der Waals surface area contributed by atoms with Crippen LogP contribution in [0.3, 0.4) is 0 Å². The molecule has 0 aliphatic rings. The van der Waals surface area contributed by atoms with Gasteiger partial charge in [0.2, 0.25) is 5.91 Å². The number of nitrogens with one attached hydrogen (secondary N) is 1. The lowest BCUT2D eigenvalue weighted by molar-refractivity contribution is -0.123. The molecule has 0 rings (SSSR count). The van der Waals surface area contributed by atoms with Crippen molar-refractivity contribution in [3.63, 3.8) is 0 Å². The molecule has 0 aromatic carbocycles. The molecule has 4 nitrogen and oxygen atoms in total. The minimum Gasteiger partial charge on any atom is -0.394 e. The highest BCUT2D eigenvalue weighted by Crippen LogP contribution is 2.15.